The lowest BCUT2D eigenvalue weighted by molar-refractivity contribution is 0.787. The average molecular weight is 229 g/mol. The van der Waals surface area contributed by atoms with Crippen molar-refractivity contribution in [1.29, 1.82) is 0 Å². The molecule has 0 atom stereocenters. The van der Waals surface area contributed by atoms with Crippen LogP contribution in [-0.2, 0) is 0 Å². The van der Waals surface area contributed by atoms with Gasteiger partial charge in [-0.1, -0.05) is 11.6 Å². The van der Waals surface area contributed by atoms with E-state index in [-0.39, 0.29) is 6.04 Å². The number of hydrogen-bond donors (Lipinski definition) is 0. The zero-order valence-corrected chi connectivity index (χ0v) is 10.2. The van der Waals surface area contributed by atoms with E-state index in [4.69, 9.17) is 0 Å². The summed E-state index contributed by atoms with van der Waals surface area (Å²) in [6.45, 7) is 6.14. The van der Waals surface area contributed by atoms with Crippen LogP contribution >= 0.6 is 0 Å². The SMILES string of the molecule is Cc1ccc(-n2cnnn2)c(C=NC(C)C)c1. The van der Waals surface area contributed by atoms with Crippen LogP contribution in [0.4, 0.5) is 0 Å². The zero-order chi connectivity index (χ0) is 12.3. The topological polar surface area (TPSA) is 56.0 Å². The first-order valence-electron chi connectivity index (χ1n) is 5.54. The van der Waals surface area contributed by atoms with E-state index >= 15 is 0 Å². The Bertz CT molecular complexity index is 514. The number of rotatable bonds is 3. The normalized spacial score (nSPS) is 11.5. The number of aliphatic imine (C=N–C) groups is 1. The minimum atomic E-state index is 0.275. The summed E-state index contributed by atoms with van der Waals surface area (Å²) in [6.07, 6.45) is 3.45. The van der Waals surface area contributed by atoms with Gasteiger partial charge in [-0.15, -0.1) is 5.10 Å². The first-order valence-corrected chi connectivity index (χ1v) is 5.54. The van der Waals surface area contributed by atoms with Gasteiger partial charge in [-0.25, -0.2) is 0 Å². The Kier molecular flexibility index (Phi) is 3.27. The fraction of sp³-hybridized carbons (Fsp3) is 0.333. The summed E-state index contributed by atoms with van der Waals surface area (Å²) < 4.78 is 1.64. The van der Waals surface area contributed by atoms with Crippen LogP contribution in [0, 0.1) is 6.92 Å². The van der Waals surface area contributed by atoms with Crippen molar-refractivity contribution in [1.82, 2.24) is 20.2 Å². The second-order valence-electron chi connectivity index (χ2n) is 4.19. The van der Waals surface area contributed by atoms with Crippen molar-refractivity contribution in [2.45, 2.75) is 26.8 Å². The highest BCUT2D eigenvalue weighted by molar-refractivity contribution is 5.85. The molecular weight excluding hydrogens is 214 g/mol. The number of tetrazole rings is 1. The number of nitrogens with zero attached hydrogens (tertiary/aromatic N) is 5. The Morgan fingerprint density at radius 2 is 2.18 bits per heavy atom. The van der Waals surface area contributed by atoms with E-state index in [1.165, 1.54) is 5.56 Å². The predicted molar refractivity (Wildman–Crippen MR) is 66.6 cm³/mol. The fourth-order valence-electron chi connectivity index (χ4n) is 1.49. The van der Waals surface area contributed by atoms with Gasteiger partial charge >= 0.3 is 0 Å². The van der Waals surface area contributed by atoms with E-state index in [2.05, 4.69) is 33.5 Å². The van der Waals surface area contributed by atoms with Gasteiger partial charge in [0.15, 0.2) is 0 Å². The smallest absolute Gasteiger partial charge is 0.143 e. The van der Waals surface area contributed by atoms with E-state index in [1.54, 1.807) is 11.0 Å². The van der Waals surface area contributed by atoms with Crippen LogP contribution in [0.5, 0.6) is 0 Å². The van der Waals surface area contributed by atoms with Crippen molar-refractivity contribution in [3.63, 3.8) is 0 Å². The lowest BCUT2D eigenvalue weighted by atomic mass is 10.1. The third-order valence-electron chi connectivity index (χ3n) is 2.29. The van der Waals surface area contributed by atoms with Gasteiger partial charge in [0, 0.05) is 17.8 Å². The largest absolute Gasteiger partial charge is 0.290 e. The van der Waals surface area contributed by atoms with Gasteiger partial charge in [-0.2, -0.15) is 4.68 Å². The minimum Gasteiger partial charge on any atom is -0.290 e. The van der Waals surface area contributed by atoms with Crippen molar-refractivity contribution in [3.8, 4) is 5.69 Å². The summed E-state index contributed by atoms with van der Waals surface area (Å²) in [5.74, 6) is 0. The van der Waals surface area contributed by atoms with E-state index in [0.29, 0.717) is 0 Å². The monoisotopic (exact) mass is 229 g/mol. The summed E-state index contributed by atoms with van der Waals surface area (Å²) in [5, 5.41) is 11.2. The molecule has 0 N–H and O–H groups in total. The Labute approximate surface area is 100 Å². The number of hydrogen-bond acceptors (Lipinski definition) is 4. The van der Waals surface area contributed by atoms with Crippen LogP contribution < -0.4 is 0 Å². The van der Waals surface area contributed by atoms with E-state index in [1.807, 2.05) is 32.2 Å². The fourth-order valence-corrected chi connectivity index (χ4v) is 1.49. The van der Waals surface area contributed by atoms with Gasteiger partial charge in [0.25, 0.3) is 0 Å². The number of aryl methyl sites for hydroxylation is 1. The molecule has 0 bridgehead atoms. The molecular formula is C12H15N5. The second kappa shape index (κ2) is 4.86. The first-order chi connectivity index (χ1) is 8.16. The van der Waals surface area contributed by atoms with E-state index < -0.39 is 0 Å². The molecule has 5 heteroatoms. The molecule has 0 saturated heterocycles. The molecule has 0 saturated carbocycles. The maximum absolute atomic E-state index is 4.40. The van der Waals surface area contributed by atoms with Crippen LogP contribution in [0.2, 0.25) is 0 Å². The Morgan fingerprint density at radius 1 is 1.35 bits per heavy atom. The van der Waals surface area contributed by atoms with Gasteiger partial charge < -0.3 is 0 Å². The summed E-state index contributed by atoms with van der Waals surface area (Å²) in [5.41, 5.74) is 3.14. The molecule has 0 spiro atoms. The third kappa shape index (κ3) is 2.75. The zero-order valence-electron chi connectivity index (χ0n) is 10.2. The Hall–Kier alpha value is -2.04. The number of aromatic nitrogens is 4. The van der Waals surface area contributed by atoms with Crippen molar-refractivity contribution in [2.75, 3.05) is 0 Å². The Morgan fingerprint density at radius 3 is 2.82 bits per heavy atom. The average Bonchev–Trinajstić information content (AvgIpc) is 2.80. The van der Waals surface area contributed by atoms with Gasteiger partial charge in [-0.3, -0.25) is 4.99 Å². The summed E-state index contributed by atoms with van der Waals surface area (Å²) >= 11 is 0. The Balaban J connectivity index is 2.45. The van der Waals surface area contributed by atoms with Crippen molar-refractivity contribution in [2.24, 2.45) is 4.99 Å². The molecule has 0 unspecified atom stereocenters. The summed E-state index contributed by atoms with van der Waals surface area (Å²) in [7, 11) is 0. The van der Waals surface area contributed by atoms with Crippen LogP contribution in [0.3, 0.4) is 0 Å². The molecule has 5 nitrogen and oxygen atoms in total. The maximum Gasteiger partial charge on any atom is 0.143 e. The highest BCUT2D eigenvalue weighted by Crippen LogP contribution is 2.13. The molecule has 0 amide bonds. The number of benzene rings is 1. The van der Waals surface area contributed by atoms with Crippen molar-refractivity contribution < 1.29 is 0 Å². The van der Waals surface area contributed by atoms with Gasteiger partial charge in [0.05, 0.1) is 5.69 Å². The maximum atomic E-state index is 4.40. The van der Waals surface area contributed by atoms with Gasteiger partial charge in [0.2, 0.25) is 0 Å². The van der Waals surface area contributed by atoms with Gasteiger partial charge in [-0.05, 0) is 43.3 Å². The van der Waals surface area contributed by atoms with Crippen LogP contribution in [0.1, 0.15) is 25.0 Å². The lowest BCUT2D eigenvalue weighted by Gasteiger charge is -2.06. The molecule has 1 aromatic heterocycles. The van der Waals surface area contributed by atoms with Gasteiger partial charge in [0.1, 0.15) is 6.33 Å². The molecule has 0 fully saturated rings. The van der Waals surface area contributed by atoms with Crippen LogP contribution in [-0.4, -0.2) is 32.5 Å². The van der Waals surface area contributed by atoms with Crippen molar-refractivity contribution >= 4 is 6.21 Å². The molecule has 0 aliphatic heterocycles. The highest BCUT2D eigenvalue weighted by atomic mass is 15.5. The standard InChI is InChI=1S/C12H15N5/c1-9(2)13-7-11-6-10(3)4-5-12(11)17-8-14-15-16-17/h4-9H,1-3H3. The molecule has 17 heavy (non-hydrogen) atoms. The summed E-state index contributed by atoms with van der Waals surface area (Å²) in [6, 6.07) is 6.37. The van der Waals surface area contributed by atoms with Crippen LogP contribution in [0.25, 0.3) is 5.69 Å². The third-order valence-corrected chi connectivity index (χ3v) is 2.29. The molecule has 1 heterocycles. The molecule has 1 aromatic carbocycles. The predicted octanol–water partition coefficient (Wildman–Crippen LogP) is 1.80. The van der Waals surface area contributed by atoms with E-state index in [9.17, 15) is 0 Å². The lowest BCUT2D eigenvalue weighted by Crippen LogP contribution is -2.01. The first kappa shape index (κ1) is 11.4. The summed E-state index contributed by atoms with van der Waals surface area (Å²) in [4.78, 5) is 4.40. The minimum absolute atomic E-state index is 0.275. The molecule has 2 aromatic rings. The van der Waals surface area contributed by atoms with E-state index in [0.717, 1.165) is 11.3 Å². The molecule has 0 aliphatic carbocycles. The molecule has 0 aliphatic rings. The molecule has 2 rings (SSSR count). The quantitative estimate of drug-likeness (QED) is 0.754. The molecule has 88 valence electrons. The van der Waals surface area contributed by atoms with Crippen molar-refractivity contribution in [3.05, 3.63) is 35.7 Å². The molecule has 0 radical (unpaired) electrons. The van der Waals surface area contributed by atoms with Crippen LogP contribution in [0.15, 0.2) is 29.5 Å². The highest BCUT2D eigenvalue weighted by Gasteiger charge is 2.04. The second-order valence-corrected chi connectivity index (χ2v) is 4.19.